The number of halogens is 2. The summed E-state index contributed by atoms with van der Waals surface area (Å²) in [7, 11) is 0. The molecule has 29 heavy (non-hydrogen) atoms. The van der Waals surface area contributed by atoms with Gasteiger partial charge in [0.25, 0.3) is 0 Å². The van der Waals surface area contributed by atoms with E-state index in [1.807, 2.05) is 37.3 Å². The summed E-state index contributed by atoms with van der Waals surface area (Å²) >= 11 is 1.27. The summed E-state index contributed by atoms with van der Waals surface area (Å²) in [6.07, 6.45) is 0. The highest BCUT2D eigenvalue weighted by molar-refractivity contribution is 8.00. The Hall–Kier alpha value is -3.27. The van der Waals surface area contributed by atoms with Crippen LogP contribution in [0.1, 0.15) is 18.0 Å². The molecule has 0 saturated carbocycles. The van der Waals surface area contributed by atoms with Crippen molar-refractivity contribution in [3.05, 3.63) is 66.0 Å². The predicted octanol–water partition coefficient (Wildman–Crippen LogP) is 3.91. The summed E-state index contributed by atoms with van der Waals surface area (Å²) in [6.45, 7) is 1.83. The van der Waals surface area contributed by atoms with Crippen LogP contribution in [0.25, 0.3) is 0 Å². The van der Waals surface area contributed by atoms with E-state index in [1.165, 1.54) is 17.8 Å². The molecule has 0 fully saturated rings. The molecule has 0 radical (unpaired) electrons. The number of benzene rings is 2. The van der Waals surface area contributed by atoms with E-state index < -0.39 is 11.6 Å². The first-order chi connectivity index (χ1) is 13.9. The second-order valence-electron chi connectivity index (χ2n) is 6.00. The molecule has 1 heterocycles. The molecule has 3 aromatic rings. The van der Waals surface area contributed by atoms with Gasteiger partial charge in [0.2, 0.25) is 17.8 Å². The van der Waals surface area contributed by atoms with Crippen LogP contribution < -0.4 is 16.4 Å². The number of nitrogens with one attached hydrogen (secondary N) is 2. The molecule has 0 unspecified atom stereocenters. The number of carbonyl (C=O) groups is 1. The van der Waals surface area contributed by atoms with E-state index >= 15 is 0 Å². The second kappa shape index (κ2) is 9.28. The molecule has 0 aliphatic rings. The lowest BCUT2D eigenvalue weighted by Gasteiger charge is -2.12. The first kappa shape index (κ1) is 20.5. The average molecular weight is 416 g/mol. The Morgan fingerprint density at radius 1 is 1.07 bits per heavy atom. The molecule has 1 atom stereocenters. The Morgan fingerprint density at radius 3 is 2.55 bits per heavy atom. The minimum Gasteiger partial charge on any atom is -0.368 e. The van der Waals surface area contributed by atoms with Gasteiger partial charge in [-0.05, 0) is 31.2 Å². The van der Waals surface area contributed by atoms with Crippen molar-refractivity contribution in [2.45, 2.75) is 12.2 Å². The highest BCUT2D eigenvalue weighted by atomic mass is 32.2. The van der Waals surface area contributed by atoms with Crippen LogP contribution in [-0.2, 0) is 4.79 Å². The molecule has 4 N–H and O–H groups in total. The third kappa shape index (κ3) is 5.85. The monoisotopic (exact) mass is 416 g/mol. The molecule has 7 nitrogen and oxygen atoms in total. The summed E-state index contributed by atoms with van der Waals surface area (Å²) in [4.78, 5) is 24.6. The van der Waals surface area contributed by atoms with Gasteiger partial charge in [-0.2, -0.15) is 15.0 Å². The van der Waals surface area contributed by atoms with Gasteiger partial charge in [-0.3, -0.25) is 4.79 Å². The Bertz CT molecular complexity index is 1010. The van der Waals surface area contributed by atoms with E-state index in [2.05, 4.69) is 25.6 Å². The molecule has 150 valence electrons. The second-order valence-corrected chi connectivity index (χ2v) is 7.33. The Morgan fingerprint density at radius 2 is 1.83 bits per heavy atom. The van der Waals surface area contributed by atoms with Crippen molar-refractivity contribution in [1.82, 2.24) is 15.0 Å². The number of anilines is 4. The molecule has 3 rings (SSSR count). The number of hydrogen-bond acceptors (Lipinski definition) is 7. The van der Waals surface area contributed by atoms with Crippen molar-refractivity contribution >= 4 is 40.9 Å². The van der Waals surface area contributed by atoms with E-state index in [9.17, 15) is 13.6 Å². The molecule has 0 saturated heterocycles. The molecule has 1 amide bonds. The van der Waals surface area contributed by atoms with Gasteiger partial charge >= 0.3 is 0 Å². The minimum atomic E-state index is -1.03. The van der Waals surface area contributed by atoms with Crippen molar-refractivity contribution in [3.8, 4) is 0 Å². The lowest BCUT2D eigenvalue weighted by molar-refractivity contribution is -0.113. The number of nitrogen functional groups attached to an aromatic ring is 1. The zero-order valence-electron chi connectivity index (χ0n) is 15.4. The minimum absolute atomic E-state index is 0.0621. The maximum Gasteiger partial charge on any atom is 0.234 e. The van der Waals surface area contributed by atoms with Gasteiger partial charge in [0.1, 0.15) is 5.82 Å². The van der Waals surface area contributed by atoms with Crippen LogP contribution >= 0.6 is 11.8 Å². The Balaban J connectivity index is 1.60. The molecular weight excluding hydrogens is 398 g/mol. The standard InChI is InChI=1S/C19H18F2N6OS/c1-11(29-10-16(28)23-13-7-8-14(20)15(21)9-13)17-25-18(22)27-19(26-17)24-12-5-3-2-4-6-12/h2-9,11H,10H2,1H3,(H,23,28)(H3,22,24,25,26,27)/t11-/m1/s1. The van der Waals surface area contributed by atoms with Gasteiger partial charge in [0, 0.05) is 17.4 Å². The number of rotatable bonds is 7. The van der Waals surface area contributed by atoms with E-state index in [0.29, 0.717) is 11.8 Å². The summed E-state index contributed by atoms with van der Waals surface area (Å²) < 4.78 is 26.2. The lowest BCUT2D eigenvalue weighted by Crippen LogP contribution is -2.15. The maximum atomic E-state index is 13.2. The molecule has 2 aromatic carbocycles. The van der Waals surface area contributed by atoms with Gasteiger partial charge in [-0.15, -0.1) is 11.8 Å². The zero-order valence-corrected chi connectivity index (χ0v) is 16.2. The smallest absolute Gasteiger partial charge is 0.234 e. The summed E-state index contributed by atoms with van der Waals surface area (Å²) in [6, 6.07) is 12.5. The predicted molar refractivity (Wildman–Crippen MR) is 110 cm³/mol. The van der Waals surface area contributed by atoms with Gasteiger partial charge in [-0.1, -0.05) is 18.2 Å². The normalized spacial score (nSPS) is 11.7. The summed E-state index contributed by atoms with van der Waals surface area (Å²) in [5, 5.41) is 5.31. The number of carbonyl (C=O) groups excluding carboxylic acids is 1. The molecule has 10 heteroatoms. The average Bonchev–Trinajstić information content (AvgIpc) is 2.69. The van der Waals surface area contributed by atoms with Crippen LogP contribution in [0.4, 0.5) is 32.1 Å². The molecular formula is C19H18F2N6OS. The van der Waals surface area contributed by atoms with Gasteiger partial charge < -0.3 is 16.4 Å². The number of aromatic nitrogens is 3. The topological polar surface area (TPSA) is 106 Å². The fourth-order valence-electron chi connectivity index (χ4n) is 2.34. The summed E-state index contributed by atoms with van der Waals surface area (Å²) in [5.74, 6) is -1.52. The number of thioether (sulfide) groups is 1. The quantitative estimate of drug-likeness (QED) is 0.536. The third-order valence-corrected chi connectivity index (χ3v) is 4.87. The lowest BCUT2D eigenvalue weighted by atomic mass is 10.3. The van der Waals surface area contributed by atoms with E-state index in [-0.39, 0.29) is 28.5 Å². The Labute approximate surface area is 170 Å². The van der Waals surface area contributed by atoms with Crippen molar-refractivity contribution in [1.29, 1.82) is 0 Å². The van der Waals surface area contributed by atoms with E-state index in [1.54, 1.807) is 0 Å². The molecule has 0 bridgehead atoms. The Kier molecular flexibility index (Phi) is 6.55. The van der Waals surface area contributed by atoms with Crippen LogP contribution in [0.3, 0.4) is 0 Å². The highest BCUT2D eigenvalue weighted by Crippen LogP contribution is 2.27. The number of hydrogen-bond donors (Lipinski definition) is 3. The SMILES string of the molecule is C[C@@H](SCC(=O)Nc1ccc(F)c(F)c1)c1nc(N)nc(Nc2ccccc2)n1. The van der Waals surface area contributed by atoms with E-state index in [4.69, 9.17) is 5.73 Å². The molecule has 0 spiro atoms. The van der Waals surface area contributed by atoms with Crippen molar-refractivity contribution < 1.29 is 13.6 Å². The van der Waals surface area contributed by atoms with E-state index in [0.717, 1.165) is 17.8 Å². The van der Waals surface area contributed by atoms with Gasteiger partial charge in [-0.25, -0.2) is 8.78 Å². The number of para-hydroxylation sites is 1. The van der Waals surface area contributed by atoms with Crippen LogP contribution in [-0.4, -0.2) is 26.6 Å². The van der Waals surface area contributed by atoms with Gasteiger partial charge in [0.15, 0.2) is 11.6 Å². The first-order valence-corrected chi connectivity index (χ1v) is 9.65. The van der Waals surface area contributed by atoms with Crippen LogP contribution in [0.15, 0.2) is 48.5 Å². The number of amides is 1. The fraction of sp³-hybridized carbons (Fsp3) is 0.158. The number of nitrogens with zero attached hydrogens (tertiary/aromatic N) is 3. The largest absolute Gasteiger partial charge is 0.368 e. The van der Waals surface area contributed by atoms with Crippen LogP contribution in [0.5, 0.6) is 0 Å². The van der Waals surface area contributed by atoms with Crippen LogP contribution in [0, 0.1) is 11.6 Å². The molecule has 0 aliphatic heterocycles. The maximum absolute atomic E-state index is 13.2. The zero-order chi connectivity index (χ0) is 20.8. The summed E-state index contributed by atoms with van der Waals surface area (Å²) in [5.41, 5.74) is 6.76. The first-order valence-electron chi connectivity index (χ1n) is 8.61. The number of nitrogens with two attached hydrogens (primary N) is 1. The van der Waals surface area contributed by atoms with Crippen LogP contribution in [0.2, 0.25) is 0 Å². The fourth-order valence-corrected chi connectivity index (χ4v) is 3.07. The van der Waals surface area contributed by atoms with Crippen molar-refractivity contribution in [2.75, 3.05) is 22.1 Å². The third-order valence-electron chi connectivity index (χ3n) is 3.73. The van der Waals surface area contributed by atoms with Crippen molar-refractivity contribution in [3.63, 3.8) is 0 Å². The molecule has 1 aromatic heterocycles. The van der Waals surface area contributed by atoms with Crippen molar-refractivity contribution in [2.24, 2.45) is 0 Å². The molecule has 0 aliphatic carbocycles. The highest BCUT2D eigenvalue weighted by Gasteiger charge is 2.15. The van der Waals surface area contributed by atoms with Gasteiger partial charge in [0.05, 0.1) is 11.0 Å².